The average Bonchev–Trinajstić information content (AvgIpc) is 2.49. The summed E-state index contributed by atoms with van der Waals surface area (Å²) in [6.07, 6.45) is 4.11. The first-order valence-electron chi connectivity index (χ1n) is 4.08. The third-order valence-electron chi connectivity index (χ3n) is 2.39. The Kier molecular flexibility index (Phi) is 1.60. The van der Waals surface area contributed by atoms with Gasteiger partial charge in [-0.25, -0.2) is 4.98 Å². The van der Waals surface area contributed by atoms with Crippen LogP contribution in [0.4, 0.5) is 0 Å². The molecule has 12 heavy (non-hydrogen) atoms. The van der Waals surface area contributed by atoms with Crippen LogP contribution < -0.4 is 5.73 Å². The molecule has 4 nitrogen and oxygen atoms in total. The summed E-state index contributed by atoms with van der Waals surface area (Å²) >= 11 is 0. The maximum atomic E-state index is 10.9. The lowest BCUT2D eigenvalue weighted by molar-refractivity contribution is -0.122. The van der Waals surface area contributed by atoms with Gasteiger partial charge in [0.25, 0.3) is 0 Å². The number of aryl methyl sites for hydroxylation is 1. The summed E-state index contributed by atoms with van der Waals surface area (Å²) < 4.78 is 0. The highest BCUT2D eigenvalue weighted by atomic mass is 16.1. The van der Waals surface area contributed by atoms with Gasteiger partial charge in [0.05, 0.1) is 12.0 Å². The Labute approximate surface area is 70.2 Å². The molecule has 4 heteroatoms. The van der Waals surface area contributed by atoms with Crippen LogP contribution >= 0.6 is 0 Å². The maximum Gasteiger partial charge on any atom is 0.220 e. The van der Waals surface area contributed by atoms with Crippen molar-refractivity contribution in [1.29, 1.82) is 0 Å². The SMILES string of the molecule is NC(=O)C1CCc2nc[nH]c2C1. The molecule has 1 unspecified atom stereocenters. The number of nitrogens with two attached hydrogens (primary N) is 1. The summed E-state index contributed by atoms with van der Waals surface area (Å²) in [6.45, 7) is 0. The number of hydrogen-bond donors (Lipinski definition) is 2. The summed E-state index contributed by atoms with van der Waals surface area (Å²) in [5.74, 6) is -0.201. The van der Waals surface area contributed by atoms with Crippen LogP contribution in [0.5, 0.6) is 0 Å². The molecular formula is C8H11N3O. The minimum atomic E-state index is -0.199. The molecule has 64 valence electrons. The molecule has 0 radical (unpaired) electrons. The zero-order chi connectivity index (χ0) is 8.55. The number of nitrogens with zero attached hydrogens (tertiary/aromatic N) is 1. The lowest BCUT2D eigenvalue weighted by Gasteiger charge is -2.17. The van der Waals surface area contributed by atoms with Crippen molar-refractivity contribution in [1.82, 2.24) is 9.97 Å². The Bertz CT molecular complexity index is 305. The Morgan fingerprint density at radius 1 is 1.75 bits per heavy atom. The number of aromatic amines is 1. The zero-order valence-corrected chi connectivity index (χ0v) is 6.71. The van der Waals surface area contributed by atoms with E-state index in [1.54, 1.807) is 6.33 Å². The number of amides is 1. The minimum Gasteiger partial charge on any atom is -0.369 e. The topological polar surface area (TPSA) is 71.8 Å². The van der Waals surface area contributed by atoms with Gasteiger partial charge in [0.15, 0.2) is 0 Å². The fraction of sp³-hybridized carbons (Fsp3) is 0.500. The second kappa shape index (κ2) is 2.62. The predicted molar refractivity (Wildman–Crippen MR) is 43.3 cm³/mol. The van der Waals surface area contributed by atoms with Crippen LogP contribution in [0.15, 0.2) is 6.33 Å². The van der Waals surface area contributed by atoms with Gasteiger partial charge in [-0.1, -0.05) is 0 Å². The number of rotatable bonds is 1. The molecule has 2 rings (SSSR count). The molecule has 0 saturated heterocycles. The molecule has 3 N–H and O–H groups in total. The van der Waals surface area contributed by atoms with Crippen LogP contribution in [0, 0.1) is 5.92 Å². The van der Waals surface area contributed by atoms with Crippen molar-refractivity contribution in [2.75, 3.05) is 0 Å². The molecule has 0 aromatic carbocycles. The first-order valence-corrected chi connectivity index (χ1v) is 4.08. The fourth-order valence-electron chi connectivity index (χ4n) is 1.64. The standard InChI is InChI=1S/C8H11N3O/c9-8(12)5-1-2-6-7(3-5)11-4-10-6/h4-5H,1-3H2,(H2,9,12)(H,10,11). The van der Waals surface area contributed by atoms with E-state index in [1.165, 1.54) is 0 Å². The summed E-state index contributed by atoms with van der Waals surface area (Å²) in [5, 5.41) is 0. The molecule has 0 saturated carbocycles. The van der Waals surface area contributed by atoms with Gasteiger partial charge < -0.3 is 10.7 Å². The number of fused-ring (bicyclic) bond motifs is 1. The molecule has 1 aliphatic carbocycles. The summed E-state index contributed by atoms with van der Waals surface area (Å²) in [4.78, 5) is 18.0. The van der Waals surface area contributed by atoms with Gasteiger partial charge in [0, 0.05) is 18.0 Å². The number of nitrogens with one attached hydrogen (secondary N) is 1. The Morgan fingerprint density at radius 3 is 3.33 bits per heavy atom. The van der Waals surface area contributed by atoms with E-state index in [4.69, 9.17) is 5.73 Å². The van der Waals surface area contributed by atoms with Crippen LogP contribution in [-0.2, 0) is 17.6 Å². The number of H-pyrrole nitrogens is 1. The van der Waals surface area contributed by atoms with Crippen molar-refractivity contribution in [2.45, 2.75) is 19.3 Å². The van der Waals surface area contributed by atoms with E-state index < -0.39 is 0 Å². The van der Waals surface area contributed by atoms with Gasteiger partial charge in [-0.15, -0.1) is 0 Å². The molecule has 0 fully saturated rings. The van der Waals surface area contributed by atoms with Gasteiger partial charge in [-0.05, 0) is 12.8 Å². The normalized spacial score (nSPS) is 21.8. The van der Waals surface area contributed by atoms with Crippen molar-refractivity contribution < 1.29 is 4.79 Å². The number of aromatic nitrogens is 2. The molecule has 1 heterocycles. The number of carbonyl (C=O) groups excluding carboxylic acids is 1. The number of primary amides is 1. The van der Waals surface area contributed by atoms with Crippen LogP contribution in [0.2, 0.25) is 0 Å². The van der Waals surface area contributed by atoms with Crippen molar-refractivity contribution in [3.63, 3.8) is 0 Å². The van der Waals surface area contributed by atoms with Crippen molar-refractivity contribution in [3.05, 3.63) is 17.7 Å². The number of carbonyl (C=O) groups is 1. The van der Waals surface area contributed by atoms with Gasteiger partial charge in [-0.2, -0.15) is 0 Å². The van der Waals surface area contributed by atoms with E-state index in [0.717, 1.165) is 30.7 Å². The first kappa shape index (κ1) is 7.34. The highest BCUT2D eigenvalue weighted by Gasteiger charge is 2.23. The van der Waals surface area contributed by atoms with Gasteiger partial charge in [-0.3, -0.25) is 4.79 Å². The summed E-state index contributed by atoms with van der Waals surface area (Å²) in [6, 6.07) is 0. The molecule has 1 aromatic heterocycles. The van der Waals surface area contributed by atoms with Gasteiger partial charge in [0.2, 0.25) is 5.91 Å². The first-order chi connectivity index (χ1) is 5.77. The lowest BCUT2D eigenvalue weighted by Crippen LogP contribution is -2.28. The third kappa shape index (κ3) is 1.09. The maximum absolute atomic E-state index is 10.9. The van der Waals surface area contributed by atoms with E-state index >= 15 is 0 Å². The monoisotopic (exact) mass is 165 g/mol. The van der Waals surface area contributed by atoms with Gasteiger partial charge >= 0.3 is 0 Å². The second-order valence-corrected chi connectivity index (χ2v) is 3.17. The highest BCUT2D eigenvalue weighted by Crippen LogP contribution is 2.22. The van der Waals surface area contributed by atoms with Crippen molar-refractivity contribution in [2.24, 2.45) is 11.7 Å². The predicted octanol–water partition coefficient (Wildman–Crippen LogP) is -0.000100. The Morgan fingerprint density at radius 2 is 2.58 bits per heavy atom. The molecule has 1 aliphatic rings. The number of imidazole rings is 1. The minimum absolute atomic E-state index is 0.00190. The summed E-state index contributed by atoms with van der Waals surface area (Å²) in [5.41, 5.74) is 7.38. The molecule has 1 atom stereocenters. The fourth-order valence-corrected chi connectivity index (χ4v) is 1.64. The van der Waals surface area contributed by atoms with E-state index in [2.05, 4.69) is 9.97 Å². The van der Waals surface area contributed by atoms with Crippen LogP contribution in [-0.4, -0.2) is 15.9 Å². The molecule has 0 bridgehead atoms. The van der Waals surface area contributed by atoms with Gasteiger partial charge in [0.1, 0.15) is 0 Å². The average molecular weight is 165 g/mol. The lowest BCUT2D eigenvalue weighted by atomic mass is 9.89. The van der Waals surface area contributed by atoms with Crippen LogP contribution in [0.1, 0.15) is 17.8 Å². The zero-order valence-electron chi connectivity index (χ0n) is 6.71. The van der Waals surface area contributed by atoms with E-state index in [1.807, 2.05) is 0 Å². The molecule has 0 aliphatic heterocycles. The van der Waals surface area contributed by atoms with E-state index in [9.17, 15) is 4.79 Å². The number of hydrogen-bond acceptors (Lipinski definition) is 2. The van der Waals surface area contributed by atoms with E-state index in [-0.39, 0.29) is 11.8 Å². The Balaban J connectivity index is 2.20. The van der Waals surface area contributed by atoms with Crippen molar-refractivity contribution >= 4 is 5.91 Å². The molecule has 0 spiro atoms. The Hall–Kier alpha value is -1.32. The molecule has 1 aromatic rings. The summed E-state index contributed by atoms with van der Waals surface area (Å²) in [7, 11) is 0. The molecule has 1 amide bonds. The van der Waals surface area contributed by atoms with Crippen LogP contribution in [0.25, 0.3) is 0 Å². The van der Waals surface area contributed by atoms with Crippen molar-refractivity contribution in [3.8, 4) is 0 Å². The third-order valence-corrected chi connectivity index (χ3v) is 2.39. The quantitative estimate of drug-likeness (QED) is 0.614. The smallest absolute Gasteiger partial charge is 0.220 e. The molecular weight excluding hydrogens is 154 g/mol. The van der Waals surface area contributed by atoms with E-state index in [0.29, 0.717) is 0 Å². The highest BCUT2D eigenvalue weighted by molar-refractivity contribution is 5.77. The second-order valence-electron chi connectivity index (χ2n) is 3.17. The largest absolute Gasteiger partial charge is 0.369 e. The van der Waals surface area contributed by atoms with Crippen LogP contribution in [0.3, 0.4) is 0 Å².